The van der Waals surface area contributed by atoms with Gasteiger partial charge in [-0.05, 0) is 0 Å². The topological polar surface area (TPSA) is 73.8 Å². The number of carbonyl (C=O) groups excluding carboxylic acids is 1. The Hall–Kier alpha value is -1.39. The highest BCUT2D eigenvalue weighted by atomic mass is 16.1. The van der Waals surface area contributed by atoms with Crippen LogP contribution in [-0.2, 0) is 7.05 Å². The summed E-state index contributed by atoms with van der Waals surface area (Å²) in [6.07, 6.45) is 1.28. The van der Waals surface area contributed by atoms with Gasteiger partial charge < -0.3 is 5.73 Å². The fraction of sp³-hybridized carbons (Fsp3) is 0.250. The summed E-state index contributed by atoms with van der Waals surface area (Å²) >= 11 is 0. The lowest BCUT2D eigenvalue weighted by Gasteiger charge is -1.89. The van der Waals surface area contributed by atoms with Gasteiger partial charge in [0.15, 0.2) is 0 Å². The minimum absolute atomic E-state index is 0.176. The highest BCUT2D eigenvalue weighted by molar-refractivity contribution is 5.88. The van der Waals surface area contributed by atoms with E-state index in [2.05, 4.69) is 10.1 Å². The summed E-state index contributed by atoms with van der Waals surface area (Å²) in [4.78, 5) is 14.0. The number of hydrogen-bond donors (Lipinski definition) is 1. The maximum absolute atomic E-state index is 10.4. The number of aryl methyl sites for hydroxylation is 1. The first-order chi connectivity index (χ1) is 4.22. The second-order valence-electron chi connectivity index (χ2n) is 1.57. The van der Waals surface area contributed by atoms with Crippen molar-refractivity contribution < 1.29 is 4.79 Å². The summed E-state index contributed by atoms with van der Waals surface area (Å²) in [5, 5.41) is 3.64. The van der Waals surface area contributed by atoms with Crippen LogP contribution in [0.15, 0.2) is 6.33 Å². The van der Waals surface area contributed by atoms with E-state index in [1.807, 2.05) is 0 Å². The summed E-state index contributed by atoms with van der Waals surface area (Å²) in [6.45, 7) is 0. The normalized spacial score (nSPS) is 9.44. The first-order valence-electron chi connectivity index (χ1n) is 2.35. The molecule has 48 valence electrons. The van der Waals surface area contributed by atoms with Crippen LogP contribution in [0.4, 0.5) is 0 Å². The summed E-state index contributed by atoms with van der Waals surface area (Å²) in [5.74, 6) is -0.384. The van der Waals surface area contributed by atoms with Crippen molar-refractivity contribution in [1.82, 2.24) is 14.8 Å². The zero-order chi connectivity index (χ0) is 6.85. The lowest BCUT2D eigenvalue weighted by atomic mass is 10.6. The summed E-state index contributed by atoms with van der Waals surface area (Å²) in [5.41, 5.74) is 4.90. The molecule has 1 aromatic heterocycles. The zero-order valence-electron chi connectivity index (χ0n) is 4.90. The Kier molecular flexibility index (Phi) is 1.18. The van der Waals surface area contributed by atoms with Crippen molar-refractivity contribution in [1.29, 1.82) is 0 Å². The molecular weight excluding hydrogens is 120 g/mol. The third-order valence-electron chi connectivity index (χ3n) is 0.932. The molecule has 2 N–H and O–H groups in total. The molecule has 0 radical (unpaired) electrons. The van der Waals surface area contributed by atoms with Crippen LogP contribution in [0.2, 0.25) is 0 Å². The summed E-state index contributed by atoms with van der Waals surface area (Å²) in [6, 6.07) is 0. The fourth-order valence-electron chi connectivity index (χ4n) is 0.519. The molecule has 0 saturated heterocycles. The van der Waals surface area contributed by atoms with Gasteiger partial charge in [0, 0.05) is 7.05 Å². The Morgan fingerprint density at radius 2 is 2.56 bits per heavy atom. The first kappa shape index (κ1) is 5.74. The molecule has 0 saturated carbocycles. The van der Waals surface area contributed by atoms with E-state index < -0.39 is 5.91 Å². The van der Waals surface area contributed by atoms with E-state index in [0.29, 0.717) is 0 Å². The van der Waals surface area contributed by atoms with Gasteiger partial charge in [-0.1, -0.05) is 0 Å². The molecule has 9 heavy (non-hydrogen) atoms. The number of nitrogens with two attached hydrogens (primary N) is 1. The van der Waals surface area contributed by atoms with E-state index in [4.69, 9.17) is 5.73 Å². The molecule has 0 spiro atoms. The highest BCUT2D eigenvalue weighted by Gasteiger charge is 2.04. The molecule has 0 unspecified atom stereocenters. The molecule has 0 atom stereocenters. The second-order valence-corrected chi connectivity index (χ2v) is 1.57. The average molecular weight is 126 g/mol. The van der Waals surface area contributed by atoms with Gasteiger partial charge >= 0.3 is 0 Å². The van der Waals surface area contributed by atoms with Crippen molar-refractivity contribution in [2.45, 2.75) is 0 Å². The van der Waals surface area contributed by atoms with Gasteiger partial charge in [0.2, 0.25) is 5.82 Å². The summed E-state index contributed by atoms with van der Waals surface area (Å²) < 4.78 is 1.32. The minimum Gasteiger partial charge on any atom is -0.363 e. The third-order valence-corrected chi connectivity index (χ3v) is 0.932. The highest BCUT2D eigenvalue weighted by Crippen LogP contribution is 1.85. The maximum Gasteiger partial charge on any atom is 0.286 e. The summed E-state index contributed by atoms with van der Waals surface area (Å²) in [7, 11) is 1.60. The van der Waals surface area contributed by atoms with Gasteiger partial charge in [-0.2, -0.15) is 5.10 Å². The van der Waals surface area contributed by atoms with E-state index in [0.717, 1.165) is 0 Å². The van der Waals surface area contributed by atoms with Gasteiger partial charge in [0.05, 0.1) is 0 Å². The molecule has 1 amide bonds. The van der Waals surface area contributed by atoms with Crippen molar-refractivity contribution in [2.75, 3.05) is 0 Å². The van der Waals surface area contributed by atoms with Gasteiger partial charge in [-0.25, -0.2) is 9.67 Å². The van der Waals surface area contributed by atoms with Crippen molar-refractivity contribution >= 4 is 5.91 Å². The number of rotatable bonds is 1. The predicted molar refractivity (Wildman–Crippen MR) is 29.5 cm³/mol. The Labute approximate surface area is 51.5 Å². The van der Waals surface area contributed by atoms with Crippen LogP contribution in [0.5, 0.6) is 0 Å². The van der Waals surface area contributed by atoms with Crippen LogP contribution in [0.1, 0.15) is 10.6 Å². The Morgan fingerprint density at radius 1 is 1.89 bits per heavy atom. The number of aromatic nitrogens is 3. The number of primary amides is 1. The molecule has 1 heterocycles. The van der Waals surface area contributed by atoms with Crippen molar-refractivity contribution in [2.24, 2.45) is 12.8 Å². The molecule has 1 rings (SSSR count). The molecule has 0 fully saturated rings. The predicted octanol–water partition coefficient (Wildman–Crippen LogP) is -1.09. The van der Waals surface area contributed by atoms with E-state index in [-0.39, 0.29) is 5.82 Å². The molecule has 0 aliphatic rings. The van der Waals surface area contributed by atoms with Gasteiger partial charge in [-0.3, -0.25) is 4.79 Å². The Morgan fingerprint density at radius 3 is 2.78 bits per heavy atom. The van der Waals surface area contributed by atoms with E-state index in [1.54, 1.807) is 7.05 Å². The monoisotopic (exact) mass is 126 g/mol. The standard InChI is InChI=1S/C4H6N4O/c1-8-4(3(5)9)6-2-7-8/h2H,1H3,(H2,5,9). The molecule has 0 bridgehead atoms. The third kappa shape index (κ3) is 0.883. The molecule has 0 aliphatic heterocycles. The number of nitrogens with zero attached hydrogens (tertiary/aromatic N) is 3. The van der Waals surface area contributed by atoms with E-state index in [1.165, 1.54) is 11.0 Å². The number of hydrogen-bond acceptors (Lipinski definition) is 3. The largest absolute Gasteiger partial charge is 0.363 e. The SMILES string of the molecule is Cn1ncnc1C(N)=O. The van der Waals surface area contributed by atoms with Gasteiger partial charge in [0.25, 0.3) is 5.91 Å². The van der Waals surface area contributed by atoms with Gasteiger partial charge in [-0.15, -0.1) is 0 Å². The number of carbonyl (C=O) groups is 1. The van der Waals surface area contributed by atoms with Crippen LogP contribution in [0, 0.1) is 0 Å². The zero-order valence-corrected chi connectivity index (χ0v) is 4.90. The Balaban J connectivity index is 3.08. The van der Waals surface area contributed by atoms with Crippen LogP contribution in [0.3, 0.4) is 0 Å². The lowest BCUT2D eigenvalue weighted by Crippen LogP contribution is -2.16. The van der Waals surface area contributed by atoms with Crippen LogP contribution in [-0.4, -0.2) is 20.7 Å². The van der Waals surface area contributed by atoms with Crippen molar-refractivity contribution in [3.63, 3.8) is 0 Å². The van der Waals surface area contributed by atoms with Crippen LogP contribution >= 0.6 is 0 Å². The first-order valence-corrected chi connectivity index (χ1v) is 2.35. The van der Waals surface area contributed by atoms with Crippen molar-refractivity contribution in [3.8, 4) is 0 Å². The molecule has 0 aromatic carbocycles. The average Bonchev–Trinajstić information content (AvgIpc) is 2.13. The quantitative estimate of drug-likeness (QED) is 0.519. The lowest BCUT2D eigenvalue weighted by molar-refractivity contribution is 0.0986. The van der Waals surface area contributed by atoms with E-state index in [9.17, 15) is 4.79 Å². The molecule has 0 aliphatic carbocycles. The van der Waals surface area contributed by atoms with Gasteiger partial charge in [0.1, 0.15) is 6.33 Å². The molecule has 5 heteroatoms. The smallest absolute Gasteiger partial charge is 0.286 e. The minimum atomic E-state index is -0.560. The number of amides is 1. The molecular formula is C4H6N4O. The van der Waals surface area contributed by atoms with E-state index >= 15 is 0 Å². The molecule has 1 aromatic rings. The maximum atomic E-state index is 10.4. The van der Waals surface area contributed by atoms with Crippen LogP contribution < -0.4 is 5.73 Å². The van der Waals surface area contributed by atoms with Crippen LogP contribution in [0.25, 0.3) is 0 Å². The Bertz CT molecular complexity index is 228. The van der Waals surface area contributed by atoms with Crippen molar-refractivity contribution in [3.05, 3.63) is 12.2 Å². The second kappa shape index (κ2) is 1.85. The molecule has 5 nitrogen and oxygen atoms in total. The fourth-order valence-corrected chi connectivity index (χ4v) is 0.519.